The van der Waals surface area contributed by atoms with Crippen LogP contribution >= 0.6 is 0 Å². The number of hydrogen-bond acceptors (Lipinski definition) is 3. The Morgan fingerprint density at radius 2 is 1.63 bits per heavy atom. The summed E-state index contributed by atoms with van der Waals surface area (Å²) in [6, 6.07) is 15.9. The van der Waals surface area contributed by atoms with Crippen LogP contribution in [-0.4, -0.2) is 42.9 Å². The lowest BCUT2D eigenvalue weighted by Gasteiger charge is -2.37. The second-order valence-corrected chi connectivity index (χ2v) is 7.16. The molecule has 2 aromatic rings. The van der Waals surface area contributed by atoms with Crippen molar-refractivity contribution in [1.82, 2.24) is 4.90 Å². The van der Waals surface area contributed by atoms with Gasteiger partial charge in [0, 0.05) is 37.6 Å². The number of carbonyl (C=O) groups is 2. The summed E-state index contributed by atoms with van der Waals surface area (Å²) in [4.78, 5) is 29.7. The van der Waals surface area contributed by atoms with E-state index in [1.54, 1.807) is 11.0 Å². The second kappa shape index (κ2) is 7.02. The van der Waals surface area contributed by atoms with E-state index in [0.717, 1.165) is 18.8 Å². The van der Waals surface area contributed by atoms with Gasteiger partial charge >= 0.3 is 0 Å². The molecule has 0 radical (unpaired) electrons. The van der Waals surface area contributed by atoms with Gasteiger partial charge in [-0.15, -0.1) is 0 Å². The maximum absolute atomic E-state index is 13.3. The van der Waals surface area contributed by atoms with E-state index in [0.29, 0.717) is 31.6 Å². The molecule has 5 nitrogen and oxygen atoms in total. The van der Waals surface area contributed by atoms with E-state index >= 15 is 0 Å². The number of amides is 2. The second-order valence-electron chi connectivity index (χ2n) is 7.16. The van der Waals surface area contributed by atoms with Crippen molar-refractivity contribution in [2.75, 3.05) is 36.4 Å². The van der Waals surface area contributed by atoms with E-state index in [-0.39, 0.29) is 11.8 Å². The van der Waals surface area contributed by atoms with E-state index < -0.39 is 11.2 Å². The largest absolute Gasteiger partial charge is 0.368 e. The summed E-state index contributed by atoms with van der Waals surface area (Å²) in [5, 5.41) is 2.70. The number of rotatable bonds is 4. The molecule has 2 aromatic carbocycles. The van der Waals surface area contributed by atoms with Gasteiger partial charge in [0.2, 0.25) is 11.8 Å². The Bertz CT molecular complexity index is 844. The zero-order valence-electron chi connectivity index (χ0n) is 15.0. The summed E-state index contributed by atoms with van der Waals surface area (Å²) in [5.41, 5.74) is 0.545. The van der Waals surface area contributed by atoms with Crippen LogP contribution in [-0.2, 0) is 9.59 Å². The van der Waals surface area contributed by atoms with Gasteiger partial charge in [-0.3, -0.25) is 9.59 Å². The summed E-state index contributed by atoms with van der Waals surface area (Å²) in [6.07, 6.45) is 1.10. The van der Waals surface area contributed by atoms with Crippen LogP contribution in [0.2, 0.25) is 0 Å². The summed E-state index contributed by atoms with van der Waals surface area (Å²) in [5.74, 6) is -0.853. The predicted octanol–water partition coefficient (Wildman–Crippen LogP) is 2.89. The third kappa shape index (κ3) is 3.52. The van der Waals surface area contributed by atoms with Gasteiger partial charge in [-0.1, -0.05) is 24.3 Å². The van der Waals surface area contributed by atoms with E-state index in [9.17, 15) is 14.0 Å². The lowest BCUT2D eigenvalue weighted by molar-refractivity contribution is -0.142. The van der Waals surface area contributed by atoms with Crippen LogP contribution in [0.1, 0.15) is 12.8 Å². The Kier molecular flexibility index (Phi) is 4.56. The molecule has 140 valence electrons. The average molecular weight is 367 g/mol. The van der Waals surface area contributed by atoms with Gasteiger partial charge in [0.05, 0.1) is 0 Å². The van der Waals surface area contributed by atoms with E-state index in [4.69, 9.17) is 0 Å². The van der Waals surface area contributed by atoms with Crippen molar-refractivity contribution in [3.63, 3.8) is 0 Å². The molecule has 1 saturated carbocycles. The first kappa shape index (κ1) is 17.5. The van der Waals surface area contributed by atoms with Crippen molar-refractivity contribution in [1.29, 1.82) is 0 Å². The van der Waals surface area contributed by atoms with Crippen LogP contribution in [0.25, 0.3) is 0 Å². The van der Waals surface area contributed by atoms with Gasteiger partial charge in [0.15, 0.2) is 0 Å². The first-order chi connectivity index (χ1) is 13.1. The normalized spacial score (nSPS) is 18.1. The summed E-state index contributed by atoms with van der Waals surface area (Å²) in [6.45, 7) is 2.69. The number of para-hydroxylation sites is 1. The van der Waals surface area contributed by atoms with Crippen molar-refractivity contribution >= 4 is 23.2 Å². The number of nitrogens with zero attached hydrogens (tertiary/aromatic N) is 2. The molecule has 0 bridgehead atoms. The molecule has 2 aliphatic rings. The Morgan fingerprint density at radius 1 is 0.926 bits per heavy atom. The molecule has 0 atom stereocenters. The molecule has 4 rings (SSSR count). The topological polar surface area (TPSA) is 52.7 Å². The Hall–Kier alpha value is -2.89. The molecule has 0 spiro atoms. The minimum atomic E-state index is -0.985. The number of halogens is 1. The van der Waals surface area contributed by atoms with E-state index in [1.807, 2.05) is 18.2 Å². The van der Waals surface area contributed by atoms with Crippen LogP contribution in [0.15, 0.2) is 54.6 Å². The molecule has 1 aliphatic heterocycles. The quantitative estimate of drug-likeness (QED) is 0.846. The van der Waals surface area contributed by atoms with Gasteiger partial charge in [0.25, 0.3) is 0 Å². The average Bonchev–Trinajstić information content (AvgIpc) is 3.50. The molecule has 0 aromatic heterocycles. The summed E-state index contributed by atoms with van der Waals surface area (Å²) in [7, 11) is 0. The smallest absolute Gasteiger partial charge is 0.240 e. The zero-order valence-corrected chi connectivity index (χ0v) is 15.0. The Labute approximate surface area is 157 Å². The zero-order chi connectivity index (χ0) is 18.9. The molecule has 1 heterocycles. The number of carbonyl (C=O) groups excluding carboxylic acids is 2. The van der Waals surface area contributed by atoms with Crippen LogP contribution < -0.4 is 10.2 Å². The molecule has 6 heteroatoms. The van der Waals surface area contributed by atoms with Crippen molar-refractivity contribution in [3.05, 3.63) is 60.4 Å². The molecule has 27 heavy (non-hydrogen) atoms. The van der Waals surface area contributed by atoms with Crippen LogP contribution in [0, 0.1) is 11.2 Å². The van der Waals surface area contributed by atoms with E-state index in [2.05, 4.69) is 22.3 Å². The lowest BCUT2D eigenvalue weighted by Crippen LogP contribution is -2.52. The summed E-state index contributed by atoms with van der Waals surface area (Å²) >= 11 is 0. The monoisotopic (exact) mass is 367 g/mol. The minimum absolute atomic E-state index is 0.107. The fourth-order valence-corrected chi connectivity index (χ4v) is 3.59. The highest BCUT2D eigenvalue weighted by atomic mass is 19.1. The first-order valence-corrected chi connectivity index (χ1v) is 9.25. The highest BCUT2D eigenvalue weighted by molar-refractivity contribution is 6.13. The number of hydrogen-bond donors (Lipinski definition) is 1. The summed E-state index contributed by atoms with van der Waals surface area (Å²) < 4.78 is 13.3. The fraction of sp³-hybridized carbons (Fsp3) is 0.333. The fourth-order valence-electron chi connectivity index (χ4n) is 3.59. The van der Waals surface area contributed by atoms with Crippen molar-refractivity contribution in [2.24, 2.45) is 5.41 Å². The Balaban J connectivity index is 1.38. The van der Waals surface area contributed by atoms with Crippen LogP contribution in [0.3, 0.4) is 0 Å². The third-order valence-corrected chi connectivity index (χ3v) is 5.36. The molecule has 1 saturated heterocycles. The molecule has 1 aliphatic carbocycles. The molecular formula is C21H22FN3O2. The van der Waals surface area contributed by atoms with Crippen molar-refractivity contribution in [3.8, 4) is 0 Å². The van der Waals surface area contributed by atoms with Gasteiger partial charge in [-0.05, 0) is 43.2 Å². The van der Waals surface area contributed by atoms with E-state index in [1.165, 1.54) is 18.2 Å². The highest BCUT2D eigenvalue weighted by Crippen LogP contribution is 2.48. The third-order valence-electron chi connectivity index (χ3n) is 5.36. The lowest BCUT2D eigenvalue weighted by atomic mass is 10.0. The molecular weight excluding hydrogens is 345 g/mol. The molecule has 0 unspecified atom stereocenters. The van der Waals surface area contributed by atoms with Crippen LogP contribution in [0.4, 0.5) is 15.8 Å². The van der Waals surface area contributed by atoms with Gasteiger partial charge in [0.1, 0.15) is 11.2 Å². The number of nitrogens with one attached hydrogen (secondary N) is 1. The molecule has 2 fully saturated rings. The van der Waals surface area contributed by atoms with Crippen molar-refractivity contribution in [2.45, 2.75) is 12.8 Å². The maximum atomic E-state index is 13.3. The number of benzene rings is 2. The first-order valence-electron chi connectivity index (χ1n) is 9.25. The molecule has 2 amide bonds. The van der Waals surface area contributed by atoms with Gasteiger partial charge < -0.3 is 15.1 Å². The highest BCUT2D eigenvalue weighted by Gasteiger charge is 2.58. The minimum Gasteiger partial charge on any atom is -0.368 e. The van der Waals surface area contributed by atoms with Crippen LogP contribution in [0.5, 0.6) is 0 Å². The Morgan fingerprint density at radius 3 is 2.26 bits per heavy atom. The SMILES string of the molecule is O=C(Nc1cccc(F)c1)C1(C(=O)N2CCN(c3ccccc3)CC2)CC1. The van der Waals surface area contributed by atoms with Crippen molar-refractivity contribution < 1.29 is 14.0 Å². The number of anilines is 2. The number of piperazine rings is 1. The standard InChI is InChI=1S/C21H22FN3O2/c22-16-5-4-6-17(15-16)23-19(26)21(9-10-21)20(27)25-13-11-24(12-14-25)18-7-2-1-3-8-18/h1-8,15H,9-14H2,(H,23,26). The predicted molar refractivity (Wildman–Crippen MR) is 102 cm³/mol. The molecule has 1 N–H and O–H groups in total. The maximum Gasteiger partial charge on any atom is 0.240 e. The van der Waals surface area contributed by atoms with Gasteiger partial charge in [-0.25, -0.2) is 4.39 Å². The van der Waals surface area contributed by atoms with Gasteiger partial charge in [-0.2, -0.15) is 0 Å².